The van der Waals surface area contributed by atoms with Crippen LogP contribution in [0.2, 0.25) is 0 Å². The van der Waals surface area contributed by atoms with Crippen LogP contribution in [-0.2, 0) is 11.2 Å². The molecule has 5 nitrogen and oxygen atoms in total. The van der Waals surface area contributed by atoms with Gasteiger partial charge in [-0.3, -0.25) is 4.79 Å². The SMILES string of the molecule is CC(Cc1nnc(SCC(=O)NCC2CCCCC2)o1)c1ccccc1. The van der Waals surface area contributed by atoms with Crippen molar-refractivity contribution in [2.75, 3.05) is 12.3 Å². The van der Waals surface area contributed by atoms with Gasteiger partial charge >= 0.3 is 0 Å². The molecule has 1 N–H and O–H groups in total. The molecule has 1 fully saturated rings. The summed E-state index contributed by atoms with van der Waals surface area (Å²) in [6.45, 7) is 2.94. The number of carbonyl (C=O) groups is 1. The molecule has 1 unspecified atom stereocenters. The normalized spacial score (nSPS) is 16.3. The Balaban J connectivity index is 1.39. The topological polar surface area (TPSA) is 68.0 Å². The van der Waals surface area contributed by atoms with Crippen LogP contribution in [0.25, 0.3) is 0 Å². The van der Waals surface area contributed by atoms with Crippen LogP contribution in [0.1, 0.15) is 56.4 Å². The molecule has 0 bridgehead atoms. The average molecular weight is 374 g/mol. The summed E-state index contributed by atoms with van der Waals surface area (Å²) < 4.78 is 5.68. The monoisotopic (exact) mass is 373 g/mol. The lowest BCUT2D eigenvalue weighted by molar-refractivity contribution is -0.118. The number of hydrogen-bond acceptors (Lipinski definition) is 5. The minimum atomic E-state index is 0.0398. The molecule has 26 heavy (non-hydrogen) atoms. The van der Waals surface area contributed by atoms with Crippen molar-refractivity contribution in [1.29, 1.82) is 0 Å². The number of aromatic nitrogens is 2. The van der Waals surface area contributed by atoms with Gasteiger partial charge in [-0.15, -0.1) is 10.2 Å². The van der Waals surface area contributed by atoms with Gasteiger partial charge in [-0.1, -0.05) is 68.3 Å². The van der Waals surface area contributed by atoms with Crippen molar-refractivity contribution in [3.63, 3.8) is 0 Å². The minimum absolute atomic E-state index is 0.0398. The highest BCUT2D eigenvalue weighted by Crippen LogP contribution is 2.24. The molecule has 1 aromatic heterocycles. The highest BCUT2D eigenvalue weighted by Gasteiger charge is 2.16. The molecule has 140 valence electrons. The minimum Gasteiger partial charge on any atom is -0.416 e. The Kier molecular flexibility index (Phi) is 7.12. The van der Waals surface area contributed by atoms with Gasteiger partial charge in [-0.25, -0.2) is 0 Å². The molecule has 1 heterocycles. The molecule has 0 spiro atoms. The Hall–Kier alpha value is -1.82. The van der Waals surface area contributed by atoms with Crippen molar-refractivity contribution in [2.45, 2.75) is 56.6 Å². The van der Waals surface area contributed by atoms with Crippen LogP contribution in [-0.4, -0.2) is 28.4 Å². The Bertz CT molecular complexity index is 683. The zero-order chi connectivity index (χ0) is 18.2. The summed E-state index contributed by atoms with van der Waals surface area (Å²) in [4.78, 5) is 12.0. The largest absolute Gasteiger partial charge is 0.416 e. The van der Waals surface area contributed by atoms with E-state index >= 15 is 0 Å². The van der Waals surface area contributed by atoms with E-state index in [2.05, 4.69) is 34.6 Å². The third-order valence-electron chi connectivity index (χ3n) is 4.94. The maximum absolute atomic E-state index is 12.0. The summed E-state index contributed by atoms with van der Waals surface area (Å²) in [5.74, 6) is 1.94. The molecule has 0 radical (unpaired) electrons. The van der Waals surface area contributed by atoms with E-state index in [1.165, 1.54) is 49.4 Å². The lowest BCUT2D eigenvalue weighted by atomic mass is 9.89. The van der Waals surface area contributed by atoms with Crippen LogP contribution in [0.4, 0.5) is 0 Å². The molecule has 0 saturated heterocycles. The molecule has 1 amide bonds. The Morgan fingerprint density at radius 3 is 2.77 bits per heavy atom. The molecule has 6 heteroatoms. The molecular weight excluding hydrogens is 346 g/mol. The third kappa shape index (κ3) is 5.87. The molecule has 0 aliphatic heterocycles. The average Bonchev–Trinajstić information content (AvgIpc) is 3.13. The first-order chi connectivity index (χ1) is 12.7. The van der Waals surface area contributed by atoms with E-state index in [4.69, 9.17) is 4.42 Å². The number of thioether (sulfide) groups is 1. The van der Waals surface area contributed by atoms with Gasteiger partial charge in [-0.2, -0.15) is 0 Å². The van der Waals surface area contributed by atoms with E-state index in [9.17, 15) is 4.79 Å². The maximum Gasteiger partial charge on any atom is 0.277 e. The fourth-order valence-electron chi connectivity index (χ4n) is 3.37. The number of hydrogen-bond donors (Lipinski definition) is 1. The first-order valence-electron chi connectivity index (χ1n) is 9.47. The Morgan fingerprint density at radius 2 is 2.00 bits per heavy atom. The van der Waals surface area contributed by atoms with Gasteiger partial charge in [0.1, 0.15) is 0 Å². The summed E-state index contributed by atoms with van der Waals surface area (Å²) in [5, 5.41) is 11.7. The first kappa shape index (κ1) is 19.0. The van der Waals surface area contributed by atoms with Crippen molar-refractivity contribution >= 4 is 17.7 Å². The fraction of sp³-hybridized carbons (Fsp3) is 0.550. The number of nitrogens with zero attached hydrogens (tertiary/aromatic N) is 2. The first-order valence-corrected chi connectivity index (χ1v) is 10.5. The zero-order valence-electron chi connectivity index (χ0n) is 15.3. The lowest BCUT2D eigenvalue weighted by Crippen LogP contribution is -2.31. The van der Waals surface area contributed by atoms with Crippen LogP contribution >= 0.6 is 11.8 Å². The Morgan fingerprint density at radius 1 is 1.23 bits per heavy atom. The van der Waals surface area contributed by atoms with Crippen LogP contribution in [0, 0.1) is 5.92 Å². The summed E-state index contributed by atoms with van der Waals surface area (Å²) in [7, 11) is 0. The van der Waals surface area contributed by atoms with Gasteiger partial charge in [0.05, 0.1) is 5.75 Å². The summed E-state index contributed by atoms with van der Waals surface area (Å²) in [6, 6.07) is 10.3. The fourth-order valence-corrected chi connectivity index (χ4v) is 3.98. The maximum atomic E-state index is 12.0. The number of carbonyl (C=O) groups excluding carboxylic acids is 1. The van der Waals surface area contributed by atoms with Gasteiger partial charge < -0.3 is 9.73 Å². The van der Waals surface area contributed by atoms with E-state index in [-0.39, 0.29) is 5.91 Å². The van der Waals surface area contributed by atoms with Crippen LogP contribution in [0.15, 0.2) is 40.0 Å². The summed E-state index contributed by atoms with van der Waals surface area (Å²) in [5.41, 5.74) is 1.25. The van der Waals surface area contributed by atoms with E-state index in [1.807, 2.05) is 18.2 Å². The molecule has 3 rings (SSSR count). The molecule has 1 aliphatic carbocycles. The quantitative estimate of drug-likeness (QED) is 0.702. The molecule has 1 saturated carbocycles. The second kappa shape index (κ2) is 9.76. The van der Waals surface area contributed by atoms with Gasteiger partial charge in [-0.05, 0) is 30.2 Å². The molecule has 1 aliphatic rings. The van der Waals surface area contributed by atoms with Gasteiger partial charge in [0.15, 0.2) is 0 Å². The highest BCUT2D eigenvalue weighted by atomic mass is 32.2. The van der Waals surface area contributed by atoms with Crippen molar-refractivity contribution in [1.82, 2.24) is 15.5 Å². The van der Waals surface area contributed by atoms with E-state index in [0.717, 1.165) is 6.54 Å². The number of benzene rings is 1. The van der Waals surface area contributed by atoms with Crippen LogP contribution < -0.4 is 5.32 Å². The van der Waals surface area contributed by atoms with E-state index in [0.29, 0.717) is 35.1 Å². The van der Waals surface area contributed by atoms with Crippen molar-refractivity contribution in [3.05, 3.63) is 41.8 Å². The predicted octanol–water partition coefficient (Wildman–Crippen LogP) is 4.20. The van der Waals surface area contributed by atoms with E-state index < -0.39 is 0 Å². The smallest absolute Gasteiger partial charge is 0.277 e. The van der Waals surface area contributed by atoms with Crippen LogP contribution in [0.5, 0.6) is 0 Å². The van der Waals surface area contributed by atoms with Gasteiger partial charge in [0.25, 0.3) is 5.22 Å². The van der Waals surface area contributed by atoms with Gasteiger partial charge in [0, 0.05) is 13.0 Å². The molecule has 1 aromatic carbocycles. The summed E-state index contributed by atoms with van der Waals surface area (Å²) in [6.07, 6.45) is 7.09. The van der Waals surface area contributed by atoms with Crippen molar-refractivity contribution in [2.24, 2.45) is 5.92 Å². The Labute approximate surface area is 159 Å². The molecular formula is C20H27N3O2S. The highest BCUT2D eigenvalue weighted by molar-refractivity contribution is 7.99. The standard InChI is InChI=1S/C20H27N3O2S/c1-15(17-10-6-3-7-11-17)12-19-22-23-20(25-19)26-14-18(24)21-13-16-8-4-2-5-9-16/h3,6-7,10-11,15-16H,2,4-5,8-9,12-14H2,1H3,(H,21,24). The predicted molar refractivity (Wildman–Crippen MR) is 103 cm³/mol. The second-order valence-corrected chi connectivity index (χ2v) is 8.00. The lowest BCUT2D eigenvalue weighted by Gasteiger charge is -2.21. The zero-order valence-corrected chi connectivity index (χ0v) is 16.1. The van der Waals surface area contributed by atoms with Gasteiger partial charge in [0.2, 0.25) is 11.8 Å². The number of rotatable bonds is 8. The second-order valence-electron chi connectivity index (χ2n) is 7.07. The van der Waals surface area contributed by atoms with Crippen LogP contribution in [0.3, 0.4) is 0 Å². The van der Waals surface area contributed by atoms with Crippen molar-refractivity contribution in [3.8, 4) is 0 Å². The van der Waals surface area contributed by atoms with Crippen molar-refractivity contribution < 1.29 is 9.21 Å². The number of nitrogens with one attached hydrogen (secondary N) is 1. The molecule has 2 aromatic rings. The van der Waals surface area contributed by atoms with E-state index in [1.54, 1.807) is 0 Å². The number of amides is 1. The molecule has 1 atom stereocenters. The summed E-state index contributed by atoms with van der Waals surface area (Å²) >= 11 is 1.31. The third-order valence-corrected chi connectivity index (χ3v) is 5.76.